The van der Waals surface area contributed by atoms with Gasteiger partial charge in [-0.15, -0.1) is 11.3 Å². The summed E-state index contributed by atoms with van der Waals surface area (Å²) < 4.78 is 5.24. The van der Waals surface area contributed by atoms with E-state index in [-0.39, 0.29) is 0 Å². The average Bonchev–Trinajstić information content (AvgIpc) is 3.06. The summed E-state index contributed by atoms with van der Waals surface area (Å²) in [6.07, 6.45) is 3.79. The maximum atomic E-state index is 11.0. The Hall–Kier alpha value is -2.21. The van der Waals surface area contributed by atoms with Crippen LogP contribution in [0.25, 0.3) is 11.6 Å². The molecule has 0 radical (unpaired) electrons. The Morgan fingerprint density at radius 1 is 1.58 bits per heavy atom. The lowest BCUT2D eigenvalue weighted by Gasteiger charge is -2.00. The zero-order valence-corrected chi connectivity index (χ0v) is 11.0. The third-order valence-corrected chi connectivity index (χ3v) is 4.09. The van der Waals surface area contributed by atoms with Crippen LogP contribution in [-0.4, -0.2) is 29.7 Å². The highest BCUT2D eigenvalue weighted by molar-refractivity contribution is 7.18. The highest BCUT2D eigenvalue weighted by Crippen LogP contribution is 2.39. The zero-order valence-electron chi connectivity index (χ0n) is 10.2. The molecule has 0 atom stereocenters. The predicted octanol–water partition coefficient (Wildman–Crippen LogP) is 2.75. The summed E-state index contributed by atoms with van der Waals surface area (Å²) in [5.41, 5.74) is 2.90. The first-order valence-electron chi connectivity index (χ1n) is 5.72. The van der Waals surface area contributed by atoms with Crippen molar-refractivity contribution in [3.05, 3.63) is 34.5 Å². The van der Waals surface area contributed by atoms with Gasteiger partial charge < -0.3 is 20.1 Å². The molecule has 0 saturated carbocycles. The van der Waals surface area contributed by atoms with Gasteiger partial charge in [-0.25, -0.2) is 4.79 Å². The summed E-state index contributed by atoms with van der Waals surface area (Å²) >= 11 is 1.26. The van der Waals surface area contributed by atoms with Crippen molar-refractivity contribution in [1.29, 1.82) is 0 Å². The SMILES string of the molecule is COc1cc[nH]c1/C=C1\CNc2sc(C(=O)O)cc21. The van der Waals surface area contributed by atoms with Crippen LogP contribution in [0.5, 0.6) is 5.75 Å². The highest BCUT2D eigenvalue weighted by atomic mass is 32.1. The number of nitrogens with one attached hydrogen (secondary N) is 2. The van der Waals surface area contributed by atoms with Gasteiger partial charge in [0, 0.05) is 18.3 Å². The number of carboxylic acids is 1. The topological polar surface area (TPSA) is 74.3 Å². The Morgan fingerprint density at radius 3 is 3.16 bits per heavy atom. The molecule has 1 aliphatic heterocycles. The number of thiophene rings is 1. The number of H-pyrrole nitrogens is 1. The van der Waals surface area contributed by atoms with Crippen LogP contribution >= 0.6 is 11.3 Å². The Kier molecular flexibility index (Phi) is 2.79. The van der Waals surface area contributed by atoms with Crippen molar-refractivity contribution >= 4 is 34.0 Å². The van der Waals surface area contributed by atoms with E-state index in [1.807, 2.05) is 18.3 Å². The van der Waals surface area contributed by atoms with Crippen LogP contribution in [-0.2, 0) is 0 Å². The van der Waals surface area contributed by atoms with Gasteiger partial charge in [0.15, 0.2) is 0 Å². The number of methoxy groups -OCH3 is 1. The summed E-state index contributed by atoms with van der Waals surface area (Å²) in [6.45, 7) is 0.698. The number of hydrogen-bond donors (Lipinski definition) is 3. The van der Waals surface area contributed by atoms with Crippen molar-refractivity contribution in [2.75, 3.05) is 19.0 Å². The average molecular weight is 276 g/mol. The van der Waals surface area contributed by atoms with Crippen LogP contribution in [0.3, 0.4) is 0 Å². The molecule has 3 heterocycles. The summed E-state index contributed by atoms with van der Waals surface area (Å²) in [6, 6.07) is 3.57. The Balaban J connectivity index is 1.99. The quantitative estimate of drug-likeness (QED) is 0.806. The van der Waals surface area contributed by atoms with E-state index in [4.69, 9.17) is 9.84 Å². The van der Waals surface area contributed by atoms with E-state index in [0.29, 0.717) is 11.4 Å². The summed E-state index contributed by atoms with van der Waals surface area (Å²) in [5.74, 6) is -0.118. The second-order valence-corrected chi connectivity index (χ2v) is 5.19. The van der Waals surface area contributed by atoms with Crippen molar-refractivity contribution in [2.24, 2.45) is 0 Å². The molecule has 2 aromatic rings. The lowest BCUT2D eigenvalue weighted by atomic mass is 10.1. The van der Waals surface area contributed by atoms with Crippen LogP contribution < -0.4 is 10.1 Å². The summed E-state index contributed by atoms with van der Waals surface area (Å²) in [7, 11) is 1.62. The van der Waals surface area contributed by atoms with E-state index in [1.54, 1.807) is 13.2 Å². The van der Waals surface area contributed by atoms with E-state index >= 15 is 0 Å². The van der Waals surface area contributed by atoms with Crippen LogP contribution in [0, 0.1) is 0 Å². The second-order valence-electron chi connectivity index (χ2n) is 4.14. The van der Waals surface area contributed by atoms with Gasteiger partial charge in [-0.3, -0.25) is 0 Å². The second kappa shape index (κ2) is 4.47. The molecule has 1 aliphatic rings. The Morgan fingerprint density at radius 2 is 2.42 bits per heavy atom. The number of rotatable bonds is 3. The minimum absolute atomic E-state index is 0.349. The fourth-order valence-corrected chi connectivity index (χ4v) is 3.03. The predicted molar refractivity (Wildman–Crippen MR) is 75.0 cm³/mol. The lowest BCUT2D eigenvalue weighted by Crippen LogP contribution is -1.95. The number of fused-ring (bicyclic) bond motifs is 1. The fraction of sp³-hybridized carbons (Fsp3) is 0.154. The van der Waals surface area contributed by atoms with Crippen LogP contribution in [0.1, 0.15) is 20.9 Å². The van der Waals surface area contributed by atoms with Gasteiger partial charge in [-0.1, -0.05) is 0 Å². The van der Waals surface area contributed by atoms with Gasteiger partial charge in [-0.05, 0) is 23.8 Å². The number of carbonyl (C=O) groups is 1. The number of carboxylic acid groups (broad SMARTS) is 1. The molecule has 0 amide bonds. The molecule has 3 N–H and O–H groups in total. The zero-order chi connectivity index (χ0) is 13.4. The number of hydrogen-bond acceptors (Lipinski definition) is 4. The minimum Gasteiger partial charge on any atom is -0.495 e. The molecule has 3 rings (SSSR count). The first kappa shape index (κ1) is 11.9. The monoisotopic (exact) mass is 276 g/mol. The van der Waals surface area contributed by atoms with Crippen LogP contribution in [0.15, 0.2) is 18.3 Å². The molecule has 5 nitrogen and oxygen atoms in total. The smallest absolute Gasteiger partial charge is 0.345 e. The lowest BCUT2D eigenvalue weighted by molar-refractivity contribution is 0.0702. The molecule has 0 aromatic carbocycles. The first-order chi connectivity index (χ1) is 9.19. The maximum absolute atomic E-state index is 11.0. The van der Waals surface area contributed by atoms with Crippen molar-refractivity contribution in [3.63, 3.8) is 0 Å². The standard InChI is InChI=1S/C13H12N2O3S/c1-18-10-2-3-14-9(10)4-7-6-15-12-8(7)5-11(19-12)13(16)17/h2-5,14-15H,6H2,1H3,(H,16,17)/b7-4+. The van der Waals surface area contributed by atoms with Crippen LogP contribution in [0.2, 0.25) is 0 Å². The third-order valence-electron chi connectivity index (χ3n) is 3.01. The van der Waals surface area contributed by atoms with E-state index in [2.05, 4.69) is 10.3 Å². The molecule has 6 heteroatoms. The minimum atomic E-state index is -0.891. The van der Waals surface area contributed by atoms with Crippen molar-refractivity contribution in [3.8, 4) is 5.75 Å². The first-order valence-corrected chi connectivity index (χ1v) is 6.54. The van der Waals surface area contributed by atoms with E-state index in [1.165, 1.54) is 11.3 Å². The maximum Gasteiger partial charge on any atom is 0.345 e. The number of aromatic amines is 1. The molecular formula is C13H12N2O3S. The molecule has 0 unspecified atom stereocenters. The number of anilines is 1. The molecule has 98 valence electrons. The van der Waals surface area contributed by atoms with E-state index in [9.17, 15) is 4.79 Å². The molecule has 0 spiro atoms. The third kappa shape index (κ3) is 2.00. The Labute approximate surface area is 113 Å². The normalized spacial score (nSPS) is 15.3. The molecule has 0 saturated heterocycles. The molecule has 0 bridgehead atoms. The molecule has 2 aromatic heterocycles. The van der Waals surface area contributed by atoms with Gasteiger partial charge in [0.1, 0.15) is 10.6 Å². The Bertz CT molecular complexity index is 669. The molecule has 0 aliphatic carbocycles. The van der Waals surface area contributed by atoms with Gasteiger partial charge in [0.25, 0.3) is 0 Å². The van der Waals surface area contributed by atoms with Crippen molar-refractivity contribution < 1.29 is 14.6 Å². The summed E-state index contributed by atoms with van der Waals surface area (Å²) in [5, 5.41) is 13.1. The van der Waals surface area contributed by atoms with E-state index in [0.717, 1.165) is 27.6 Å². The number of aromatic nitrogens is 1. The van der Waals surface area contributed by atoms with Gasteiger partial charge in [0.2, 0.25) is 0 Å². The van der Waals surface area contributed by atoms with Gasteiger partial charge in [0.05, 0.1) is 17.8 Å². The fourth-order valence-electron chi connectivity index (χ4n) is 2.10. The number of ether oxygens (including phenoxy) is 1. The van der Waals surface area contributed by atoms with Gasteiger partial charge in [-0.2, -0.15) is 0 Å². The number of aromatic carboxylic acids is 1. The van der Waals surface area contributed by atoms with Crippen LogP contribution in [0.4, 0.5) is 5.00 Å². The van der Waals surface area contributed by atoms with Crippen molar-refractivity contribution in [2.45, 2.75) is 0 Å². The molecule has 19 heavy (non-hydrogen) atoms. The summed E-state index contributed by atoms with van der Waals surface area (Å²) in [4.78, 5) is 14.4. The van der Waals surface area contributed by atoms with Crippen molar-refractivity contribution in [1.82, 2.24) is 4.98 Å². The van der Waals surface area contributed by atoms with E-state index < -0.39 is 5.97 Å². The molecular weight excluding hydrogens is 264 g/mol. The highest BCUT2D eigenvalue weighted by Gasteiger charge is 2.22. The largest absolute Gasteiger partial charge is 0.495 e. The van der Waals surface area contributed by atoms with Gasteiger partial charge >= 0.3 is 5.97 Å². The molecule has 0 fully saturated rings.